The van der Waals surface area contributed by atoms with Gasteiger partial charge in [-0.1, -0.05) is 12.1 Å². The Balaban J connectivity index is 1.33. The minimum Gasteiger partial charge on any atom is -0.478 e. The first-order valence-corrected chi connectivity index (χ1v) is 12.1. The molecular weight excluding hydrogens is 460 g/mol. The minimum absolute atomic E-state index is 0.0931. The molecule has 9 nitrogen and oxygen atoms in total. The second-order valence-electron chi connectivity index (χ2n) is 10.2. The van der Waals surface area contributed by atoms with Gasteiger partial charge < -0.3 is 15.0 Å². The first-order valence-electron chi connectivity index (χ1n) is 12.1. The van der Waals surface area contributed by atoms with Gasteiger partial charge in [-0.05, 0) is 62.3 Å². The van der Waals surface area contributed by atoms with Crippen LogP contribution in [0, 0.1) is 5.41 Å². The number of amides is 1. The Kier molecular flexibility index (Phi) is 5.86. The van der Waals surface area contributed by atoms with E-state index in [0.29, 0.717) is 43.6 Å². The summed E-state index contributed by atoms with van der Waals surface area (Å²) < 4.78 is 1.81. The zero-order valence-corrected chi connectivity index (χ0v) is 20.3. The van der Waals surface area contributed by atoms with E-state index < -0.39 is 11.5 Å². The van der Waals surface area contributed by atoms with E-state index in [0.717, 1.165) is 17.7 Å². The van der Waals surface area contributed by atoms with E-state index >= 15 is 0 Å². The summed E-state index contributed by atoms with van der Waals surface area (Å²) in [6, 6.07) is 9.19. The van der Waals surface area contributed by atoms with Gasteiger partial charge in [-0.15, -0.1) is 0 Å². The molecule has 36 heavy (non-hydrogen) atoms. The van der Waals surface area contributed by atoms with Gasteiger partial charge in [0.15, 0.2) is 5.78 Å². The van der Waals surface area contributed by atoms with Crippen LogP contribution in [0.4, 0.5) is 0 Å². The molecule has 1 fully saturated rings. The molecule has 0 atom stereocenters. The molecule has 2 aliphatic rings. The van der Waals surface area contributed by atoms with Crippen LogP contribution in [0.1, 0.15) is 75.9 Å². The number of hydrogen-bond acceptors (Lipinski definition) is 5. The number of carbonyl (C=O) groups is 3. The fraction of sp³-hybridized carbons (Fsp3) is 0.370. The van der Waals surface area contributed by atoms with E-state index in [4.69, 9.17) is 0 Å². The first kappa shape index (κ1) is 23.7. The lowest BCUT2D eigenvalue weighted by Crippen LogP contribution is -2.46. The molecule has 3 heterocycles. The van der Waals surface area contributed by atoms with Crippen LogP contribution >= 0.6 is 0 Å². The molecule has 5 rings (SSSR count). The van der Waals surface area contributed by atoms with Gasteiger partial charge in [0, 0.05) is 48.4 Å². The lowest BCUT2D eigenvalue weighted by Gasteiger charge is -2.43. The highest BCUT2D eigenvalue weighted by Crippen LogP contribution is 2.44. The predicted molar refractivity (Wildman–Crippen MR) is 132 cm³/mol. The summed E-state index contributed by atoms with van der Waals surface area (Å²) in [6.07, 6.45) is 4.44. The third-order valence-electron chi connectivity index (χ3n) is 7.35. The van der Waals surface area contributed by atoms with Crippen LogP contribution in [0.5, 0.6) is 0 Å². The summed E-state index contributed by atoms with van der Waals surface area (Å²) in [5.74, 6) is -1.20. The molecule has 0 saturated carbocycles. The number of nitrogens with zero attached hydrogens (tertiary/aromatic N) is 3. The number of nitrogens with one attached hydrogen (secondary N) is 1. The number of fused-ring (bicyclic) bond motifs is 1. The second kappa shape index (κ2) is 8.89. The van der Waals surface area contributed by atoms with E-state index in [1.54, 1.807) is 27.8 Å². The van der Waals surface area contributed by atoms with Crippen LogP contribution in [-0.2, 0) is 6.42 Å². The molecule has 0 radical (unpaired) electrons. The van der Waals surface area contributed by atoms with Gasteiger partial charge >= 0.3 is 5.97 Å². The van der Waals surface area contributed by atoms with Crippen LogP contribution in [0.25, 0.3) is 11.3 Å². The Labute approximate surface area is 207 Å². The Bertz CT molecular complexity index is 1430. The van der Waals surface area contributed by atoms with Crippen molar-refractivity contribution in [1.29, 1.82) is 0 Å². The summed E-state index contributed by atoms with van der Waals surface area (Å²) in [4.78, 5) is 54.5. The molecule has 1 aromatic carbocycles. The van der Waals surface area contributed by atoms with E-state index in [9.17, 15) is 24.3 Å². The molecular formula is C27H28N4O5. The Morgan fingerprint density at radius 1 is 1.06 bits per heavy atom. The normalized spacial score (nSPS) is 16.9. The van der Waals surface area contributed by atoms with Crippen molar-refractivity contribution in [3.8, 4) is 11.3 Å². The van der Waals surface area contributed by atoms with Crippen molar-refractivity contribution < 1.29 is 19.5 Å². The maximum absolute atomic E-state index is 13.3. The summed E-state index contributed by atoms with van der Waals surface area (Å²) in [5, 5.41) is 13.7. The number of aromatic carboxylic acids is 1. The van der Waals surface area contributed by atoms with Gasteiger partial charge in [0.25, 0.3) is 5.91 Å². The molecule has 0 unspecified atom stereocenters. The number of H-pyrrole nitrogens is 1. The Morgan fingerprint density at radius 3 is 2.50 bits per heavy atom. The minimum atomic E-state index is -1.07. The Hall–Kier alpha value is -4.01. The van der Waals surface area contributed by atoms with Gasteiger partial charge in [-0.25, -0.2) is 4.79 Å². The number of carboxylic acid groups (broad SMARTS) is 1. The van der Waals surface area contributed by atoms with E-state index in [-0.39, 0.29) is 34.3 Å². The summed E-state index contributed by atoms with van der Waals surface area (Å²) in [5.41, 5.74) is 2.34. The fourth-order valence-corrected chi connectivity index (χ4v) is 5.48. The third-order valence-corrected chi connectivity index (χ3v) is 7.35. The van der Waals surface area contributed by atoms with Crippen LogP contribution < -0.4 is 5.56 Å². The zero-order valence-electron chi connectivity index (χ0n) is 20.3. The van der Waals surface area contributed by atoms with Gasteiger partial charge in [0.05, 0.1) is 11.8 Å². The molecule has 1 saturated heterocycles. The average molecular weight is 489 g/mol. The predicted octanol–water partition coefficient (Wildman–Crippen LogP) is 3.57. The van der Waals surface area contributed by atoms with Crippen molar-refractivity contribution in [2.75, 3.05) is 13.1 Å². The summed E-state index contributed by atoms with van der Waals surface area (Å²) in [7, 11) is 0. The number of hydrogen-bond donors (Lipinski definition) is 2. The molecule has 3 aromatic rings. The Morgan fingerprint density at radius 2 is 1.81 bits per heavy atom. The third kappa shape index (κ3) is 4.25. The molecule has 2 aromatic heterocycles. The smallest absolute Gasteiger partial charge is 0.335 e. The first-order chi connectivity index (χ1) is 17.2. The number of aromatic amines is 1. The number of Topliss-reactive ketones (excluding diaryl/α,β-unsaturated/α-hetero) is 1. The van der Waals surface area contributed by atoms with Crippen LogP contribution in [0.3, 0.4) is 0 Å². The van der Waals surface area contributed by atoms with Crippen molar-refractivity contribution >= 4 is 17.7 Å². The van der Waals surface area contributed by atoms with E-state index in [2.05, 4.69) is 10.1 Å². The molecule has 186 valence electrons. The molecule has 2 N–H and O–H groups in total. The number of carbonyl (C=O) groups excluding carboxylic acids is 2. The van der Waals surface area contributed by atoms with E-state index in [1.165, 1.54) is 18.2 Å². The molecule has 1 spiro atoms. The highest BCUT2D eigenvalue weighted by Gasteiger charge is 2.43. The molecule has 1 aliphatic heterocycles. The molecule has 1 aliphatic carbocycles. The monoisotopic (exact) mass is 488 g/mol. The van der Waals surface area contributed by atoms with E-state index in [1.807, 2.05) is 20.0 Å². The number of rotatable bonds is 4. The van der Waals surface area contributed by atoms with Gasteiger partial charge in [0.2, 0.25) is 5.56 Å². The van der Waals surface area contributed by atoms with Crippen LogP contribution in [0.2, 0.25) is 0 Å². The quantitative estimate of drug-likeness (QED) is 0.578. The maximum Gasteiger partial charge on any atom is 0.335 e. The summed E-state index contributed by atoms with van der Waals surface area (Å²) >= 11 is 0. The number of carboxylic acids is 1. The average Bonchev–Trinajstić information content (AvgIpc) is 3.28. The van der Waals surface area contributed by atoms with Crippen molar-refractivity contribution in [1.82, 2.24) is 19.7 Å². The lowest BCUT2D eigenvalue weighted by atomic mass is 9.67. The number of pyridine rings is 1. The molecule has 1 amide bonds. The summed E-state index contributed by atoms with van der Waals surface area (Å²) in [6.45, 7) is 5.02. The second-order valence-corrected chi connectivity index (χ2v) is 10.2. The lowest BCUT2D eigenvalue weighted by molar-refractivity contribution is 0.0516. The number of aromatic nitrogens is 3. The fourth-order valence-electron chi connectivity index (χ4n) is 5.48. The van der Waals surface area contributed by atoms with Crippen molar-refractivity contribution in [3.05, 3.63) is 75.3 Å². The topological polar surface area (TPSA) is 125 Å². The van der Waals surface area contributed by atoms with Gasteiger partial charge in [0.1, 0.15) is 5.69 Å². The highest BCUT2D eigenvalue weighted by molar-refractivity contribution is 5.98. The van der Waals surface area contributed by atoms with Crippen molar-refractivity contribution in [2.24, 2.45) is 5.41 Å². The number of likely N-dealkylation sites (tertiary alicyclic amines) is 1. The maximum atomic E-state index is 13.3. The zero-order chi connectivity index (χ0) is 25.6. The standard InChI is InChI=1S/C27H28N4O5/c1-16(2)31-24-20(15-28-31)13-27(14-22(24)32)6-8-30(9-7-27)25(34)19-11-21(29-23(33)12-19)17-4-3-5-18(10-17)26(35)36/h3-5,10-12,15-16H,6-9,13-14H2,1-2H3,(H,29,33)(H,35,36). The largest absolute Gasteiger partial charge is 0.478 e. The number of piperidine rings is 1. The van der Waals surface area contributed by atoms with Crippen molar-refractivity contribution in [2.45, 2.75) is 45.6 Å². The number of ketones is 1. The van der Waals surface area contributed by atoms with Gasteiger partial charge in [-0.2, -0.15) is 5.10 Å². The van der Waals surface area contributed by atoms with Crippen molar-refractivity contribution in [3.63, 3.8) is 0 Å². The number of benzene rings is 1. The molecule has 0 bridgehead atoms. The highest BCUT2D eigenvalue weighted by atomic mass is 16.4. The van der Waals surface area contributed by atoms with Crippen LogP contribution in [0.15, 0.2) is 47.4 Å². The SMILES string of the molecule is CC(C)n1ncc2c1C(=O)CC1(CCN(C(=O)c3cc(-c4cccc(C(=O)O)c4)[nH]c(=O)c3)CC1)C2. The molecule has 9 heteroatoms. The van der Waals surface area contributed by atoms with Gasteiger partial charge in [-0.3, -0.25) is 19.1 Å². The van der Waals surface area contributed by atoms with Crippen LogP contribution in [-0.4, -0.2) is 55.5 Å².